The lowest BCUT2D eigenvalue weighted by atomic mass is 9.99. The average Bonchev–Trinajstić information content (AvgIpc) is 2.48. The fourth-order valence-corrected chi connectivity index (χ4v) is 3.03. The van der Waals surface area contributed by atoms with E-state index in [1.807, 2.05) is 18.2 Å². The van der Waals surface area contributed by atoms with Crippen molar-refractivity contribution < 1.29 is 0 Å². The van der Waals surface area contributed by atoms with Gasteiger partial charge < -0.3 is 5.32 Å². The second kappa shape index (κ2) is 11.3. The summed E-state index contributed by atoms with van der Waals surface area (Å²) in [4.78, 5) is 0. The van der Waals surface area contributed by atoms with Crippen LogP contribution in [-0.2, 0) is 0 Å². The molecule has 3 heteroatoms. The van der Waals surface area contributed by atoms with Crippen LogP contribution in [0.2, 0.25) is 10.0 Å². The Labute approximate surface area is 140 Å². The second-order valence-electron chi connectivity index (χ2n) is 5.73. The van der Waals surface area contributed by atoms with Crippen molar-refractivity contribution in [1.82, 2.24) is 5.32 Å². The third kappa shape index (κ3) is 7.54. The summed E-state index contributed by atoms with van der Waals surface area (Å²) in [6, 6.07) is 6.09. The first-order valence-electron chi connectivity index (χ1n) is 8.37. The lowest BCUT2D eigenvalue weighted by molar-refractivity contribution is 0.466. The van der Waals surface area contributed by atoms with Crippen LogP contribution < -0.4 is 5.32 Å². The Hall–Kier alpha value is -0.240. The maximum Gasteiger partial charge on any atom is 0.0454 e. The van der Waals surface area contributed by atoms with E-state index in [-0.39, 0.29) is 0 Å². The van der Waals surface area contributed by atoms with Crippen LogP contribution in [0.25, 0.3) is 0 Å². The lowest BCUT2D eigenvalue weighted by Crippen LogP contribution is -2.22. The van der Waals surface area contributed by atoms with Gasteiger partial charge in [0.25, 0.3) is 0 Å². The van der Waals surface area contributed by atoms with Gasteiger partial charge in [0.2, 0.25) is 0 Å². The molecule has 120 valence electrons. The van der Waals surface area contributed by atoms with Crippen LogP contribution in [0.4, 0.5) is 0 Å². The van der Waals surface area contributed by atoms with Gasteiger partial charge in [-0.1, -0.05) is 75.6 Å². The van der Waals surface area contributed by atoms with Gasteiger partial charge in [0.05, 0.1) is 0 Å². The van der Waals surface area contributed by atoms with Gasteiger partial charge in [0, 0.05) is 16.1 Å². The average molecular weight is 330 g/mol. The Balaban J connectivity index is 2.52. The molecular formula is C18H29Cl2N. The number of halogens is 2. The predicted octanol–water partition coefficient (Wildman–Crippen LogP) is 6.78. The van der Waals surface area contributed by atoms with Crippen LogP contribution in [0.15, 0.2) is 18.2 Å². The first-order valence-corrected chi connectivity index (χ1v) is 9.13. The summed E-state index contributed by atoms with van der Waals surface area (Å²) in [6.45, 7) is 5.46. The van der Waals surface area contributed by atoms with E-state index in [1.54, 1.807) is 0 Å². The Bertz CT molecular complexity index is 393. The molecule has 0 radical (unpaired) electrons. The highest BCUT2D eigenvalue weighted by Crippen LogP contribution is 2.29. The molecule has 0 aromatic heterocycles. The molecule has 0 aliphatic carbocycles. The van der Waals surface area contributed by atoms with Gasteiger partial charge in [0.1, 0.15) is 0 Å². The summed E-state index contributed by atoms with van der Waals surface area (Å²) in [5, 5.41) is 5.20. The minimum atomic E-state index is 0.322. The van der Waals surface area contributed by atoms with Gasteiger partial charge in [-0.25, -0.2) is 0 Å². The van der Waals surface area contributed by atoms with Crippen molar-refractivity contribution in [3.8, 4) is 0 Å². The topological polar surface area (TPSA) is 12.0 Å². The standard InChI is InChI=1S/C18H29Cl2N/c1-3-5-6-7-8-9-10-18(21-13-4-2)16-14-15(19)11-12-17(16)20/h11-12,14,18,21H,3-10,13H2,1-2H3. The van der Waals surface area contributed by atoms with Gasteiger partial charge in [-0.3, -0.25) is 0 Å². The van der Waals surface area contributed by atoms with Crippen LogP contribution in [0, 0.1) is 0 Å². The molecule has 1 N–H and O–H groups in total. The zero-order chi connectivity index (χ0) is 15.5. The van der Waals surface area contributed by atoms with Crippen molar-refractivity contribution in [3.63, 3.8) is 0 Å². The molecule has 0 bridgehead atoms. The molecule has 1 rings (SSSR count). The second-order valence-corrected chi connectivity index (χ2v) is 6.57. The SMILES string of the molecule is CCCCCCCCC(NCCC)c1cc(Cl)ccc1Cl. The van der Waals surface area contributed by atoms with Crippen molar-refractivity contribution in [2.24, 2.45) is 0 Å². The molecule has 1 aromatic carbocycles. The maximum atomic E-state index is 6.35. The zero-order valence-corrected chi connectivity index (χ0v) is 14.9. The predicted molar refractivity (Wildman–Crippen MR) is 95.5 cm³/mol. The Morgan fingerprint density at radius 1 is 0.952 bits per heavy atom. The summed E-state index contributed by atoms with van der Waals surface area (Å²) in [5.41, 5.74) is 1.14. The van der Waals surface area contributed by atoms with Crippen LogP contribution in [-0.4, -0.2) is 6.54 Å². The quantitative estimate of drug-likeness (QED) is 0.441. The molecule has 0 saturated carbocycles. The molecule has 0 fully saturated rings. The van der Waals surface area contributed by atoms with Crippen molar-refractivity contribution in [2.45, 2.75) is 71.3 Å². The van der Waals surface area contributed by atoms with Gasteiger partial charge in [-0.05, 0) is 43.1 Å². The highest BCUT2D eigenvalue weighted by atomic mass is 35.5. The first-order chi connectivity index (χ1) is 10.2. The number of benzene rings is 1. The van der Waals surface area contributed by atoms with E-state index in [4.69, 9.17) is 23.2 Å². The summed E-state index contributed by atoms with van der Waals surface area (Å²) in [5.74, 6) is 0. The van der Waals surface area contributed by atoms with Gasteiger partial charge in [-0.15, -0.1) is 0 Å². The van der Waals surface area contributed by atoms with Crippen molar-refractivity contribution >= 4 is 23.2 Å². The minimum Gasteiger partial charge on any atom is -0.310 e. The van der Waals surface area contributed by atoms with E-state index in [1.165, 1.54) is 38.5 Å². The van der Waals surface area contributed by atoms with Gasteiger partial charge >= 0.3 is 0 Å². The minimum absolute atomic E-state index is 0.322. The third-order valence-electron chi connectivity index (χ3n) is 3.82. The van der Waals surface area contributed by atoms with Gasteiger partial charge in [-0.2, -0.15) is 0 Å². The Morgan fingerprint density at radius 2 is 1.67 bits per heavy atom. The van der Waals surface area contributed by atoms with E-state index < -0.39 is 0 Å². The van der Waals surface area contributed by atoms with Crippen LogP contribution in [0.5, 0.6) is 0 Å². The zero-order valence-electron chi connectivity index (χ0n) is 13.4. The fraction of sp³-hybridized carbons (Fsp3) is 0.667. The number of hydrogen-bond donors (Lipinski definition) is 1. The molecule has 0 heterocycles. The maximum absolute atomic E-state index is 6.35. The van der Waals surface area contributed by atoms with Crippen molar-refractivity contribution in [2.75, 3.05) is 6.54 Å². The molecule has 0 amide bonds. The van der Waals surface area contributed by atoms with E-state index >= 15 is 0 Å². The summed E-state index contributed by atoms with van der Waals surface area (Å²) in [7, 11) is 0. The first kappa shape index (κ1) is 18.8. The number of rotatable bonds is 11. The lowest BCUT2D eigenvalue weighted by Gasteiger charge is -2.20. The molecule has 21 heavy (non-hydrogen) atoms. The van der Waals surface area contributed by atoms with E-state index in [0.717, 1.165) is 35.0 Å². The van der Waals surface area contributed by atoms with Crippen LogP contribution in [0.1, 0.15) is 76.8 Å². The van der Waals surface area contributed by atoms with Crippen LogP contribution in [0.3, 0.4) is 0 Å². The van der Waals surface area contributed by atoms with Crippen LogP contribution >= 0.6 is 23.2 Å². The monoisotopic (exact) mass is 329 g/mol. The summed E-state index contributed by atoms with van der Waals surface area (Å²) in [6.07, 6.45) is 10.2. The molecule has 0 spiro atoms. The Kier molecular flexibility index (Phi) is 10.2. The summed E-state index contributed by atoms with van der Waals surface area (Å²) >= 11 is 12.5. The molecule has 0 saturated heterocycles. The number of unbranched alkanes of at least 4 members (excludes halogenated alkanes) is 5. The molecule has 0 aliphatic heterocycles. The summed E-state index contributed by atoms with van der Waals surface area (Å²) < 4.78 is 0. The van der Waals surface area contributed by atoms with E-state index in [9.17, 15) is 0 Å². The molecule has 1 atom stereocenters. The largest absolute Gasteiger partial charge is 0.310 e. The van der Waals surface area contributed by atoms with Crippen molar-refractivity contribution in [3.05, 3.63) is 33.8 Å². The molecular weight excluding hydrogens is 301 g/mol. The highest BCUT2D eigenvalue weighted by molar-refractivity contribution is 6.33. The fourth-order valence-electron chi connectivity index (χ4n) is 2.60. The van der Waals surface area contributed by atoms with E-state index in [2.05, 4.69) is 19.2 Å². The normalized spacial score (nSPS) is 12.6. The number of nitrogens with one attached hydrogen (secondary N) is 1. The van der Waals surface area contributed by atoms with Crippen molar-refractivity contribution in [1.29, 1.82) is 0 Å². The third-order valence-corrected chi connectivity index (χ3v) is 4.40. The van der Waals surface area contributed by atoms with E-state index in [0.29, 0.717) is 6.04 Å². The Morgan fingerprint density at radius 3 is 2.38 bits per heavy atom. The number of hydrogen-bond acceptors (Lipinski definition) is 1. The molecule has 1 aromatic rings. The molecule has 1 nitrogen and oxygen atoms in total. The molecule has 0 aliphatic rings. The highest BCUT2D eigenvalue weighted by Gasteiger charge is 2.14. The van der Waals surface area contributed by atoms with Gasteiger partial charge in [0.15, 0.2) is 0 Å². The smallest absolute Gasteiger partial charge is 0.0454 e. The molecule has 1 unspecified atom stereocenters.